The van der Waals surface area contributed by atoms with Crippen LogP contribution in [0.3, 0.4) is 0 Å². The molecule has 5 rings (SSSR count). The summed E-state index contributed by atoms with van der Waals surface area (Å²) in [5, 5.41) is 5.02. The van der Waals surface area contributed by atoms with Gasteiger partial charge in [0.15, 0.2) is 4.96 Å². The fourth-order valence-corrected chi connectivity index (χ4v) is 5.36. The number of aromatic nitrogens is 3. The van der Waals surface area contributed by atoms with E-state index in [-0.39, 0.29) is 17.5 Å². The van der Waals surface area contributed by atoms with Crippen molar-refractivity contribution in [2.75, 3.05) is 20.2 Å². The van der Waals surface area contributed by atoms with Crippen molar-refractivity contribution in [3.8, 4) is 5.75 Å². The van der Waals surface area contributed by atoms with Crippen molar-refractivity contribution in [2.24, 2.45) is 0 Å². The highest BCUT2D eigenvalue weighted by molar-refractivity contribution is 7.15. The number of amides is 1. The van der Waals surface area contributed by atoms with Crippen LogP contribution in [0.4, 0.5) is 0 Å². The van der Waals surface area contributed by atoms with Gasteiger partial charge in [-0.25, -0.2) is 4.98 Å². The molecule has 10 heteroatoms. The Bertz CT molecular complexity index is 1380. The number of thiazole rings is 1. The van der Waals surface area contributed by atoms with Gasteiger partial charge >= 0.3 is 0 Å². The first kappa shape index (κ1) is 22.4. The Morgan fingerprint density at radius 3 is 2.97 bits per heavy atom. The van der Waals surface area contributed by atoms with Crippen LogP contribution in [-0.4, -0.2) is 45.0 Å². The van der Waals surface area contributed by atoms with Gasteiger partial charge in [-0.3, -0.25) is 18.9 Å². The molecule has 4 aromatic rings. The Balaban J connectivity index is 1.42. The second-order valence-electron chi connectivity index (χ2n) is 8.46. The highest BCUT2D eigenvalue weighted by Gasteiger charge is 2.27. The van der Waals surface area contributed by atoms with E-state index in [0.717, 1.165) is 22.9 Å². The van der Waals surface area contributed by atoms with Crippen molar-refractivity contribution in [3.63, 3.8) is 0 Å². The maximum Gasteiger partial charge on any atom is 0.257 e. The molecule has 1 atom stereocenters. The number of imidazole rings is 1. The summed E-state index contributed by atoms with van der Waals surface area (Å²) in [6, 6.07) is 4.69. The number of nitrogens with zero attached hydrogens (tertiary/aromatic N) is 4. The molecular weight excluding hydrogens is 454 g/mol. The van der Waals surface area contributed by atoms with Gasteiger partial charge in [-0.05, 0) is 26.0 Å². The molecule has 0 saturated heterocycles. The lowest BCUT2D eigenvalue weighted by molar-refractivity contribution is 0.0930. The van der Waals surface area contributed by atoms with Crippen LogP contribution in [0.25, 0.3) is 4.96 Å². The summed E-state index contributed by atoms with van der Waals surface area (Å²) in [6.45, 7) is 6.51. The Kier molecular flexibility index (Phi) is 6.01. The monoisotopic (exact) mass is 481 g/mol. The molecule has 9 nitrogen and oxygen atoms in total. The normalized spacial score (nSPS) is 15.1. The lowest BCUT2D eigenvalue weighted by Gasteiger charge is -2.19. The zero-order chi connectivity index (χ0) is 23.8. The molecule has 34 heavy (non-hydrogen) atoms. The van der Waals surface area contributed by atoms with Gasteiger partial charge in [0.05, 0.1) is 30.8 Å². The first-order valence-electron chi connectivity index (χ1n) is 11.2. The minimum absolute atomic E-state index is 0.162. The Morgan fingerprint density at radius 1 is 1.35 bits per heavy atom. The summed E-state index contributed by atoms with van der Waals surface area (Å²) in [5.74, 6) is 0.665. The zero-order valence-corrected chi connectivity index (χ0v) is 20.2. The Morgan fingerprint density at radius 2 is 2.21 bits per heavy atom. The largest absolute Gasteiger partial charge is 0.496 e. The third-order valence-electron chi connectivity index (χ3n) is 6.39. The second-order valence-corrected chi connectivity index (χ2v) is 9.33. The number of ether oxygens (including phenoxy) is 1. The molecule has 1 N–H and O–H groups in total. The number of carbonyl (C=O) groups excluding carboxylic acids is 1. The van der Waals surface area contributed by atoms with Crippen LogP contribution < -0.4 is 15.6 Å². The minimum atomic E-state index is -0.320. The predicted octanol–water partition coefficient (Wildman–Crippen LogP) is 3.02. The van der Waals surface area contributed by atoms with Crippen LogP contribution in [0.1, 0.15) is 46.2 Å². The number of nitrogens with one attached hydrogen (secondary N) is 1. The topological polar surface area (TPSA) is 94.0 Å². The standard InChI is InChI=1S/C24H27N5O4S/c1-15-18(29-10-12-34-24(29)26-15)14-27-7-6-17-22(20(32-3)13-21(30)28(17)9-8-27)23(31)25-16(2)19-5-4-11-33-19/h4-5,10-13,16H,6-9,14H2,1-3H3,(H,25,31). The summed E-state index contributed by atoms with van der Waals surface area (Å²) < 4.78 is 14.7. The Labute approximate surface area is 200 Å². The van der Waals surface area contributed by atoms with Crippen molar-refractivity contribution in [1.29, 1.82) is 0 Å². The van der Waals surface area contributed by atoms with Gasteiger partial charge in [-0.1, -0.05) is 0 Å². The summed E-state index contributed by atoms with van der Waals surface area (Å²) in [7, 11) is 1.48. The number of carbonyl (C=O) groups is 1. The number of fused-ring (bicyclic) bond motifs is 2. The molecule has 5 heterocycles. The third kappa shape index (κ3) is 4.03. The minimum Gasteiger partial charge on any atom is -0.496 e. The van der Waals surface area contributed by atoms with Crippen LogP contribution in [0.2, 0.25) is 0 Å². The van der Waals surface area contributed by atoms with Crippen LogP contribution in [0, 0.1) is 6.92 Å². The average Bonchev–Trinajstić information content (AvgIpc) is 3.52. The summed E-state index contributed by atoms with van der Waals surface area (Å²) >= 11 is 1.62. The quantitative estimate of drug-likeness (QED) is 0.455. The number of pyridine rings is 1. The van der Waals surface area contributed by atoms with E-state index in [1.165, 1.54) is 13.2 Å². The van der Waals surface area contributed by atoms with Crippen molar-refractivity contribution in [1.82, 2.24) is 24.2 Å². The lowest BCUT2D eigenvalue weighted by Crippen LogP contribution is -2.32. The van der Waals surface area contributed by atoms with E-state index < -0.39 is 0 Å². The zero-order valence-electron chi connectivity index (χ0n) is 19.4. The number of rotatable bonds is 6. The SMILES string of the molecule is COc1cc(=O)n2c(c1C(=O)NC(C)c1ccco1)CCN(Cc1c(C)nc3sccn13)CC2. The smallest absolute Gasteiger partial charge is 0.257 e. The molecule has 0 spiro atoms. The van der Waals surface area contributed by atoms with Gasteiger partial charge < -0.3 is 19.0 Å². The highest BCUT2D eigenvalue weighted by Crippen LogP contribution is 2.25. The lowest BCUT2D eigenvalue weighted by atomic mass is 10.1. The maximum atomic E-state index is 13.4. The molecule has 1 aliphatic heterocycles. The number of furan rings is 1. The van der Waals surface area contributed by atoms with Crippen molar-refractivity contribution in [2.45, 2.75) is 39.4 Å². The molecule has 1 aliphatic rings. The molecule has 0 radical (unpaired) electrons. The number of hydrogen-bond acceptors (Lipinski definition) is 7. The van der Waals surface area contributed by atoms with Crippen LogP contribution in [0.5, 0.6) is 5.75 Å². The molecule has 0 fully saturated rings. The van der Waals surface area contributed by atoms with Gasteiger partial charge in [-0.2, -0.15) is 0 Å². The summed E-state index contributed by atoms with van der Waals surface area (Å²) in [4.78, 5) is 34.2. The van der Waals surface area contributed by atoms with Crippen molar-refractivity contribution >= 4 is 22.2 Å². The number of aryl methyl sites for hydroxylation is 1. The number of methoxy groups -OCH3 is 1. The van der Waals surface area contributed by atoms with E-state index in [9.17, 15) is 9.59 Å². The fourth-order valence-electron chi connectivity index (χ4n) is 4.58. The van der Waals surface area contributed by atoms with Crippen LogP contribution in [0.15, 0.2) is 45.3 Å². The molecule has 4 aromatic heterocycles. The molecule has 0 bridgehead atoms. The van der Waals surface area contributed by atoms with Gasteiger partial charge in [0, 0.05) is 55.9 Å². The Hall–Kier alpha value is -3.37. The molecule has 0 aromatic carbocycles. The van der Waals surface area contributed by atoms with E-state index in [0.29, 0.717) is 48.8 Å². The van der Waals surface area contributed by atoms with Gasteiger partial charge in [0.25, 0.3) is 11.5 Å². The first-order valence-corrected chi connectivity index (χ1v) is 12.1. The van der Waals surface area contributed by atoms with Gasteiger partial charge in [0.1, 0.15) is 17.1 Å². The molecule has 1 amide bonds. The van der Waals surface area contributed by atoms with E-state index >= 15 is 0 Å². The van der Waals surface area contributed by atoms with Crippen molar-refractivity contribution in [3.05, 3.63) is 74.8 Å². The summed E-state index contributed by atoms with van der Waals surface area (Å²) in [6.07, 6.45) is 4.17. The number of hydrogen-bond donors (Lipinski definition) is 1. The second kappa shape index (κ2) is 9.11. The van der Waals surface area contributed by atoms with Crippen LogP contribution >= 0.6 is 11.3 Å². The van der Waals surface area contributed by atoms with Gasteiger partial charge in [-0.15, -0.1) is 11.3 Å². The van der Waals surface area contributed by atoms with E-state index in [4.69, 9.17) is 9.15 Å². The third-order valence-corrected chi connectivity index (χ3v) is 7.14. The molecule has 0 aliphatic carbocycles. The fraction of sp³-hybridized carbons (Fsp3) is 0.375. The molecule has 1 unspecified atom stereocenters. The average molecular weight is 482 g/mol. The molecule has 178 valence electrons. The molecule has 0 saturated carbocycles. The van der Waals surface area contributed by atoms with E-state index in [1.807, 2.05) is 31.5 Å². The maximum absolute atomic E-state index is 13.4. The van der Waals surface area contributed by atoms with Gasteiger partial charge in [0.2, 0.25) is 0 Å². The van der Waals surface area contributed by atoms with Crippen molar-refractivity contribution < 1.29 is 13.9 Å². The van der Waals surface area contributed by atoms with E-state index in [1.54, 1.807) is 28.2 Å². The molecular formula is C24H27N5O4S. The van der Waals surface area contributed by atoms with Crippen LogP contribution in [-0.2, 0) is 19.5 Å². The first-order chi connectivity index (χ1) is 16.5. The highest BCUT2D eigenvalue weighted by atomic mass is 32.1. The summed E-state index contributed by atoms with van der Waals surface area (Å²) in [5.41, 5.74) is 3.10. The van der Waals surface area contributed by atoms with E-state index in [2.05, 4.69) is 19.6 Å². The predicted molar refractivity (Wildman–Crippen MR) is 129 cm³/mol.